The lowest BCUT2D eigenvalue weighted by Crippen LogP contribution is -2.00. The van der Waals surface area contributed by atoms with Crippen molar-refractivity contribution in [1.82, 2.24) is 0 Å². The maximum Gasteiger partial charge on any atom is 0.273 e. The van der Waals surface area contributed by atoms with Crippen molar-refractivity contribution >= 4 is 21.6 Å². The van der Waals surface area contributed by atoms with Gasteiger partial charge in [0.05, 0.1) is 27.1 Å². The van der Waals surface area contributed by atoms with E-state index < -0.39 is 10.7 Å². The lowest BCUT2D eigenvalue weighted by molar-refractivity contribution is -0.385. The van der Waals surface area contributed by atoms with E-state index in [-0.39, 0.29) is 29.2 Å². The summed E-state index contributed by atoms with van der Waals surface area (Å²) in [5.74, 6) is -0.316. The van der Waals surface area contributed by atoms with Crippen molar-refractivity contribution in [2.24, 2.45) is 0 Å². The third kappa shape index (κ3) is 3.55. The maximum absolute atomic E-state index is 13.7. The first kappa shape index (κ1) is 14.9. The fourth-order valence-corrected chi connectivity index (χ4v) is 1.97. The Kier molecular flexibility index (Phi) is 4.50. The van der Waals surface area contributed by atoms with Gasteiger partial charge in [0.1, 0.15) is 18.2 Å². The molecule has 2 aromatic rings. The van der Waals surface area contributed by atoms with Crippen molar-refractivity contribution in [3.05, 3.63) is 67.9 Å². The van der Waals surface area contributed by atoms with E-state index in [2.05, 4.69) is 15.9 Å². The van der Waals surface area contributed by atoms with Gasteiger partial charge in [0.2, 0.25) is 0 Å². The minimum Gasteiger partial charge on any atom is -0.487 e. The van der Waals surface area contributed by atoms with Crippen molar-refractivity contribution in [2.45, 2.75) is 6.61 Å². The van der Waals surface area contributed by atoms with E-state index >= 15 is 0 Å². The Morgan fingerprint density at radius 1 is 1.33 bits per heavy atom. The predicted molar refractivity (Wildman–Crippen MR) is 76.2 cm³/mol. The molecule has 21 heavy (non-hydrogen) atoms. The number of non-ortho nitro benzene ring substituents is 1. The second-order valence-electron chi connectivity index (χ2n) is 4.08. The van der Waals surface area contributed by atoms with Crippen LogP contribution >= 0.6 is 15.9 Å². The molecule has 0 radical (unpaired) electrons. The fourth-order valence-electron chi connectivity index (χ4n) is 1.61. The van der Waals surface area contributed by atoms with Crippen LogP contribution in [0.2, 0.25) is 0 Å². The molecule has 0 aliphatic rings. The lowest BCUT2D eigenvalue weighted by Gasteiger charge is -2.09. The number of ether oxygens (including phenoxy) is 1. The molecule has 0 unspecified atom stereocenters. The summed E-state index contributed by atoms with van der Waals surface area (Å²) in [5.41, 5.74) is 0.355. The topological polar surface area (TPSA) is 76.2 Å². The van der Waals surface area contributed by atoms with Gasteiger partial charge in [-0.1, -0.05) is 6.07 Å². The Hall–Kier alpha value is -2.46. The summed E-state index contributed by atoms with van der Waals surface area (Å²) >= 11 is 3.21. The molecule has 0 atom stereocenters. The summed E-state index contributed by atoms with van der Waals surface area (Å²) in [6.07, 6.45) is 0. The summed E-state index contributed by atoms with van der Waals surface area (Å²) in [7, 11) is 0. The molecule has 0 N–H and O–H groups in total. The molecule has 5 nitrogen and oxygen atoms in total. The molecule has 2 aromatic carbocycles. The first-order chi connectivity index (χ1) is 10.0. The van der Waals surface area contributed by atoms with Gasteiger partial charge in [0.25, 0.3) is 5.69 Å². The van der Waals surface area contributed by atoms with Crippen LogP contribution in [-0.4, -0.2) is 4.92 Å². The van der Waals surface area contributed by atoms with E-state index in [4.69, 9.17) is 10.00 Å². The van der Waals surface area contributed by atoms with Crippen LogP contribution in [0.3, 0.4) is 0 Å². The van der Waals surface area contributed by atoms with Gasteiger partial charge in [-0.15, -0.1) is 0 Å². The zero-order valence-electron chi connectivity index (χ0n) is 10.5. The van der Waals surface area contributed by atoms with E-state index in [0.717, 1.165) is 6.07 Å². The number of nitro groups is 1. The van der Waals surface area contributed by atoms with Crippen LogP contribution in [0, 0.1) is 27.3 Å². The van der Waals surface area contributed by atoms with Crippen LogP contribution in [-0.2, 0) is 6.61 Å². The molecule has 0 aliphatic heterocycles. The van der Waals surface area contributed by atoms with E-state index in [1.54, 1.807) is 0 Å². The Balaban J connectivity index is 2.18. The molecule has 0 spiro atoms. The zero-order chi connectivity index (χ0) is 15.4. The van der Waals surface area contributed by atoms with Crippen molar-refractivity contribution in [3.8, 4) is 11.8 Å². The van der Waals surface area contributed by atoms with Crippen LogP contribution in [0.15, 0.2) is 40.9 Å². The van der Waals surface area contributed by atoms with Crippen LogP contribution in [0.25, 0.3) is 0 Å². The summed E-state index contributed by atoms with van der Waals surface area (Å²) in [6, 6.07) is 9.94. The second-order valence-corrected chi connectivity index (χ2v) is 4.93. The van der Waals surface area contributed by atoms with Gasteiger partial charge in [-0.25, -0.2) is 4.39 Å². The van der Waals surface area contributed by atoms with Crippen LogP contribution in [0.4, 0.5) is 10.1 Å². The Labute approximate surface area is 127 Å². The van der Waals surface area contributed by atoms with E-state index in [1.165, 1.54) is 30.3 Å². The highest BCUT2D eigenvalue weighted by Crippen LogP contribution is 2.30. The molecule has 7 heteroatoms. The van der Waals surface area contributed by atoms with Crippen LogP contribution in [0.5, 0.6) is 5.75 Å². The van der Waals surface area contributed by atoms with Gasteiger partial charge < -0.3 is 4.74 Å². The third-order valence-electron chi connectivity index (χ3n) is 2.69. The number of halogens is 2. The summed E-state index contributed by atoms with van der Waals surface area (Å²) in [6.45, 7) is -0.0999. The molecule has 0 saturated carbocycles. The Morgan fingerprint density at radius 3 is 2.71 bits per heavy atom. The number of nitrogens with zero attached hydrogens (tertiary/aromatic N) is 2. The third-order valence-corrected chi connectivity index (χ3v) is 3.35. The van der Waals surface area contributed by atoms with E-state index in [9.17, 15) is 14.5 Å². The SMILES string of the molecule is N#Cc1ccc(COc2cc([N+](=O)[O-])ccc2Br)c(F)c1. The molecule has 0 heterocycles. The number of hydrogen-bond acceptors (Lipinski definition) is 4. The minimum absolute atomic E-state index is 0.0999. The van der Waals surface area contributed by atoms with E-state index in [0.29, 0.717) is 4.47 Å². The van der Waals surface area contributed by atoms with E-state index in [1.807, 2.05) is 6.07 Å². The lowest BCUT2D eigenvalue weighted by atomic mass is 10.1. The average Bonchev–Trinajstić information content (AvgIpc) is 2.47. The predicted octanol–water partition coefficient (Wildman–Crippen LogP) is 3.95. The second kappa shape index (κ2) is 6.33. The summed E-state index contributed by atoms with van der Waals surface area (Å²) in [5, 5.41) is 19.4. The summed E-state index contributed by atoms with van der Waals surface area (Å²) < 4.78 is 19.6. The monoisotopic (exact) mass is 350 g/mol. The molecule has 0 bridgehead atoms. The number of rotatable bonds is 4. The number of nitro benzene ring substituents is 1. The normalized spacial score (nSPS) is 9.95. The first-order valence-electron chi connectivity index (χ1n) is 5.76. The Morgan fingerprint density at radius 2 is 2.10 bits per heavy atom. The van der Waals surface area contributed by atoms with Gasteiger partial charge in [-0.05, 0) is 34.1 Å². The molecular weight excluding hydrogens is 343 g/mol. The smallest absolute Gasteiger partial charge is 0.273 e. The van der Waals surface area contributed by atoms with Crippen LogP contribution < -0.4 is 4.74 Å². The zero-order valence-corrected chi connectivity index (χ0v) is 12.1. The highest BCUT2D eigenvalue weighted by atomic mass is 79.9. The molecule has 0 fully saturated rings. The van der Waals surface area contributed by atoms with Crippen LogP contribution in [0.1, 0.15) is 11.1 Å². The molecule has 0 aliphatic carbocycles. The van der Waals surface area contributed by atoms with Crippen molar-refractivity contribution in [2.75, 3.05) is 0 Å². The fraction of sp³-hybridized carbons (Fsp3) is 0.0714. The van der Waals surface area contributed by atoms with Gasteiger partial charge in [-0.3, -0.25) is 10.1 Å². The highest BCUT2D eigenvalue weighted by Gasteiger charge is 2.11. The molecular formula is C14H8BrFN2O3. The Bertz CT molecular complexity index is 743. The number of benzene rings is 2. The van der Waals surface area contributed by atoms with Gasteiger partial charge >= 0.3 is 0 Å². The largest absolute Gasteiger partial charge is 0.487 e. The molecule has 2 rings (SSSR count). The number of nitriles is 1. The minimum atomic E-state index is -0.560. The molecule has 0 saturated heterocycles. The molecule has 106 valence electrons. The van der Waals surface area contributed by atoms with Gasteiger partial charge in [0, 0.05) is 11.6 Å². The standard InChI is InChI=1S/C14H8BrFN2O3/c15-12-4-3-11(18(19)20)6-14(12)21-8-10-2-1-9(7-17)5-13(10)16/h1-6H,8H2. The van der Waals surface area contributed by atoms with Gasteiger partial charge in [0.15, 0.2) is 0 Å². The average molecular weight is 351 g/mol. The quantitative estimate of drug-likeness (QED) is 0.617. The van der Waals surface area contributed by atoms with Crippen molar-refractivity contribution in [3.63, 3.8) is 0 Å². The highest BCUT2D eigenvalue weighted by molar-refractivity contribution is 9.10. The van der Waals surface area contributed by atoms with Gasteiger partial charge in [-0.2, -0.15) is 5.26 Å². The molecule has 0 aromatic heterocycles. The van der Waals surface area contributed by atoms with Crippen molar-refractivity contribution in [1.29, 1.82) is 5.26 Å². The maximum atomic E-state index is 13.7. The first-order valence-corrected chi connectivity index (χ1v) is 6.56. The number of hydrogen-bond donors (Lipinski definition) is 0. The summed E-state index contributed by atoms with van der Waals surface area (Å²) in [4.78, 5) is 10.2. The van der Waals surface area contributed by atoms with Crippen molar-refractivity contribution < 1.29 is 14.1 Å². The molecule has 0 amide bonds.